The van der Waals surface area contributed by atoms with Crippen LogP contribution in [0.3, 0.4) is 0 Å². The number of hydrogen-bond acceptors (Lipinski definition) is 5. The summed E-state index contributed by atoms with van der Waals surface area (Å²) >= 11 is 6.98. The molecule has 3 aromatic rings. The van der Waals surface area contributed by atoms with Crippen molar-refractivity contribution in [1.29, 1.82) is 0 Å². The molecule has 1 aromatic carbocycles. The Morgan fingerprint density at radius 1 is 1.15 bits per heavy atom. The van der Waals surface area contributed by atoms with Crippen molar-refractivity contribution >= 4 is 34.7 Å². The van der Waals surface area contributed by atoms with Crippen molar-refractivity contribution in [1.82, 2.24) is 9.78 Å². The van der Waals surface area contributed by atoms with E-state index in [0.29, 0.717) is 32.7 Å². The van der Waals surface area contributed by atoms with Gasteiger partial charge in [-0.05, 0) is 31.5 Å². The molecule has 0 saturated heterocycles. The predicted octanol–water partition coefficient (Wildman–Crippen LogP) is 4.30. The van der Waals surface area contributed by atoms with Crippen LogP contribution in [-0.4, -0.2) is 28.1 Å². The van der Waals surface area contributed by atoms with Crippen LogP contribution in [-0.2, 0) is 11.3 Å². The van der Waals surface area contributed by atoms with E-state index in [4.69, 9.17) is 16.3 Å². The molecule has 0 saturated carbocycles. The molecule has 0 aliphatic carbocycles. The molecule has 0 aliphatic rings. The van der Waals surface area contributed by atoms with Gasteiger partial charge >= 0.3 is 5.97 Å². The third kappa shape index (κ3) is 4.03. The molecule has 0 unspecified atom stereocenters. The number of hydrogen-bond donors (Lipinski definition) is 0. The zero-order valence-electron chi connectivity index (χ0n) is 14.4. The van der Waals surface area contributed by atoms with Crippen molar-refractivity contribution in [3.8, 4) is 0 Å². The van der Waals surface area contributed by atoms with Crippen LogP contribution >= 0.6 is 22.9 Å². The number of thiophene rings is 1. The maximum absolute atomic E-state index is 12.4. The average Bonchev–Trinajstić information content (AvgIpc) is 3.17. The molecule has 0 aliphatic heterocycles. The van der Waals surface area contributed by atoms with Crippen molar-refractivity contribution in [2.45, 2.75) is 20.4 Å². The number of halogens is 1. The normalized spacial score (nSPS) is 10.7. The van der Waals surface area contributed by atoms with Crippen LogP contribution in [0.2, 0.25) is 4.34 Å². The Hall–Kier alpha value is -2.44. The van der Waals surface area contributed by atoms with Gasteiger partial charge in [-0.1, -0.05) is 41.9 Å². The Morgan fingerprint density at radius 3 is 2.54 bits per heavy atom. The first-order valence-corrected chi connectivity index (χ1v) is 9.18. The number of nitrogens with zero attached hydrogens (tertiary/aromatic N) is 2. The molecular formula is C19H17ClN2O3S. The van der Waals surface area contributed by atoms with E-state index in [1.54, 1.807) is 23.7 Å². The Labute approximate surface area is 160 Å². The summed E-state index contributed by atoms with van der Waals surface area (Å²) in [6, 6.07) is 13.1. The van der Waals surface area contributed by atoms with Crippen LogP contribution in [0.1, 0.15) is 37.0 Å². The van der Waals surface area contributed by atoms with Gasteiger partial charge in [-0.25, -0.2) is 4.79 Å². The molecule has 134 valence electrons. The van der Waals surface area contributed by atoms with E-state index in [9.17, 15) is 9.59 Å². The van der Waals surface area contributed by atoms with Crippen molar-refractivity contribution in [3.05, 3.63) is 74.2 Å². The first kappa shape index (κ1) is 18.4. The molecule has 3 rings (SSSR count). The summed E-state index contributed by atoms with van der Waals surface area (Å²) in [5, 5.41) is 4.43. The van der Waals surface area contributed by atoms with Gasteiger partial charge in [0.25, 0.3) is 0 Å². The largest absolute Gasteiger partial charge is 0.454 e. The molecule has 26 heavy (non-hydrogen) atoms. The van der Waals surface area contributed by atoms with Gasteiger partial charge in [0.1, 0.15) is 5.56 Å². The number of aryl methyl sites for hydroxylation is 1. The van der Waals surface area contributed by atoms with E-state index in [-0.39, 0.29) is 12.4 Å². The van der Waals surface area contributed by atoms with Crippen molar-refractivity contribution in [2.75, 3.05) is 6.61 Å². The number of carbonyl (C=O) groups excluding carboxylic acids is 2. The molecular weight excluding hydrogens is 372 g/mol. The van der Waals surface area contributed by atoms with E-state index in [0.717, 1.165) is 16.9 Å². The highest BCUT2D eigenvalue weighted by molar-refractivity contribution is 7.18. The van der Waals surface area contributed by atoms with Gasteiger partial charge in [0.15, 0.2) is 6.61 Å². The number of benzene rings is 1. The number of ketones is 1. The highest BCUT2D eigenvalue weighted by Gasteiger charge is 2.21. The number of aromatic nitrogens is 2. The SMILES string of the molecule is Cc1nn(Cc2ccccc2)c(C)c1C(=O)OCC(=O)c1ccc(Cl)s1. The van der Waals surface area contributed by atoms with Gasteiger partial charge in [-0.2, -0.15) is 5.10 Å². The zero-order chi connectivity index (χ0) is 18.7. The van der Waals surface area contributed by atoms with E-state index in [1.165, 1.54) is 0 Å². The maximum Gasteiger partial charge on any atom is 0.342 e. The Balaban J connectivity index is 1.70. The average molecular weight is 389 g/mol. The number of carbonyl (C=O) groups is 2. The zero-order valence-corrected chi connectivity index (χ0v) is 15.9. The van der Waals surface area contributed by atoms with Crippen LogP contribution in [0.4, 0.5) is 0 Å². The van der Waals surface area contributed by atoms with E-state index >= 15 is 0 Å². The third-order valence-electron chi connectivity index (χ3n) is 3.94. The number of esters is 1. The van der Waals surface area contributed by atoms with Gasteiger partial charge in [0.2, 0.25) is 5.78 Å². The molecule has 2 aromatic heterocycles. The number of ether oxygens (including phenoxy) is 1. The highest BCUT2D eigenvalue weighted by atomic mass is 35.5. The fourth-order valence-electron chi connectivity index (χ4n) is 2.64. The summed E-state index contributed by atoms with van der Waals surface area (Å²) in [4.78, 5) is 25.0. The highest BCUT2D eigenvalue weighted by Crippen LogP contribution is 2.22. The van der Waals surface area contributed by atoms with Crippen molar-refractivity contribution in [2.24, 2.45) is 0 Å². The monoisotopic (exact) mass is 388 g/mol. The summed E-state index contributed by atoms with van der Waals surface area (Å²) in [6.07, 6.45) is 0. The smallest absolute Gasteiger partial charge is 0.342 e. The summed E-state index contributed by atoms with van der Waals surface area (Å²) in [5.74, 6) is -0.822. The summed E-state index contributed by atoms with van der Waals surface area (Å²) in [7, 11) is 0. The molecule has 0 atom stereocenters. The lowest BCUT2D eigenvalue weighted by atomic mass is 10.2. The van der Waals surface area contributed by atoms with Crippen LogP contribution in [0.5, 0.6) is 0 Å². The minimum absolute atomic E-state index is 0.276. The van der Waals surface area contributed by atoms with Gasteiger partial charge in [0, 0.05) is 0 Å². The molecule has 2 heterocycles. The van der Waals surface area contributed by atoms with Crippen LogP contribution in [0, 0.1) is 13.8 Å². The fraction of sp³-hybridized carbons (Fsp3) is 0.211. The minimum Gasteiger partial charge on any atom is -0.454 e. The maximum atomic E-state index is 12.4. The fourth-order valence-corrected chi connectivity index (χ4v) is 3.61. The quantitative estimate of drug-likeness (QED) is 0.466. The van der Waals surface area contributed by atoms with E-state index < -0.39 is 5.97 Å². The molecule has 5 nitrogen and oxygen atoms in total. The standard InChI is InChI=1S/C19H17ClN2O3S/c1-12-18(13(2)22(21-12)10-14-6-4-3-5-7-14)19(24)25-11-15(23)16-8-9-17(20)26-16/h3-9H,10-11H2,1-2H3. The lowest BCUT2D eigenvalue weighted by Crippen LogP contribution is -2.15. The Bertz CT molecular complexity index is 947. The van der Waals surface area contributed by atoms with Crippen molar-refractivity contribution in [3.63, 3.8) is 0 Å². The van der Waals surface area contributed by atoms with Gasteiger partial charge in [-0.15, -0.1) is 11.3 Å². The van der Waals surface area contributed by atoms with Gasteiger partial charge < -0.3 is 4.74 Å². The summed E-state index contributed by atoms with van der Waals surface area (Å²) < 4.78 is 7.49. The molecule has 0 spiro atoms. The number of Topliss-reactive ketones (excluding diaryl/α,β-unsaturated/α-hetero) is 1. The predicted molar refractivity (Wildman–Crippen MR) is 101 cm³/mol. The van der Waals surface area contributed by atoms with Crippen LogP contribution in [0.25, 0.3) is 0 Å². The van der Waals surface area contributed by atoms with Gasteiger partial charge in [-0.3, -0.25) is 9.48 Å². The second-order valence-electron chi connectivity index (χ2n) is 5.79. The lowest BCUT2D eigenvalue weighted by Gasteiger charge is -2.06. The Kier molecular flexibility index (Phi) is 5.54. The third-order valence-corrected chi connectivity index (χ3v) is 5.22. The second-order valence-corrected chi connectivity index (χ2v) is 7.51. The Morgan fingerprint density at radius 2 is 1.88 bits per heavy atom. The molecule has 0 radical (unpaired) electrons. The van der Waals surface area contributed by atoms with Crippen molar-refractivity contribution < 1.29 is 14.3 Å². The molecule has 0 amide bonds. The van der Waals surface area contributed by atoms with E-state index in [2.05, 4.69) is 5.10 Å². The van der Waals surface area contributed by atoms with Crippen LogP contribution in [0.15, 0.2) is 42.5 Å². The molecule has 0 bridgehead atoms. The summed E-state index contributed by atoms with van der Waals surface area (Å²) in [5.41, 5.74) is 2.78. The minimum atomic E-state index is -0.546. The molecule has 0 fully saturated rings. The molecule has 7 heteroatoms. The first-order chi connectivity index (χ1) is 12.5. The van der Waals surface area contributed by atoms with Crippen LogP contribution < -0.4 is 0 Å². The summed E-state index contributed by atoms with van der Waals surface area (Å²) in [6.45, 7) is 3.82. The lowest BCUT2D eigenvalue weighted by molar-refractivity contribution is 0.0474. The molecule has 0 N–H and O–H groups in total. The topological polar surface area (TPSA) is 61.2 Å². The van der Waals surface area contributed by atoms with E-state index in [1.807, 2.05) is 37.3 Å². The first-order valence-electron chi connectivity index (χ1n) is 7.99. The second kappa shape index (κ2) is 7.85. The number of rotatable bonds is 6. The van der Waals surface area contributed by atoms with Gasteiger partial charge in [0.05, 0.1) is 27.1 Å².